The van der Waals surface area contributed by atoms with E-state index in [1.165, 1.54) is 0 Å². The highest BCUT2D eigenvalue weighted by molar-refractivity contribution is 7.99. The maximum absolute atomic E-state index is 11.7. The Morgan fingerprint density at radius 3 is 2.86 bits per heavy atom. The fraction of sp³-hybridized carbons (Fsp3) is 0.364. The first-order valence-corrected chi connectivity index (χ1v) is 5.67. The molecule has 0 fully saturated rings. The van der Waals surface area contributed by atoms with Gasteiger partial charge in [-0.2, -0.15) is 0 Å². The van der Waals surface area contributed by atoms with Crippen LogP contribution < -0.4 is 4.74 Å². The molecule has 0 aromatic heterocycles. The Morgan fingerprint density at radius 1 is 1.36 bits per heavy atom. The summed E-state index contributed by atoms with van der Waals surface area (Å²) in [6.45, 7) is 1.98. The van der Waals surface area contributed by atoms with Gasteiger partial charge in [-0.3, -0.25) is 4.79 Å². The SMILES string of the molecule is COc1ccc(C)c2c1CSCC2=O. The molecule has 1 heterocycles. The standard InChI is InChI=1S/C11H12O2S/c1-7-3-4-10(13-2)8-5-14-6-9(12)11(7)8/h3-4H,5-6H2,1-2H3. The van der Waals surface area contributed by atoms with Gasteiger partial charge in [0.05, 0.1) is 12.9 Å². The van der Waals surface area contributed by atoms with Gasteiger partial charge >= 0.3 is 0 Å². The van der Waals surface area contributed by atoms with Crippen molar-refractivity contribution >= 4 is 17.5 Å². The lowest BCUT2D eigenvalue weighted by atomic mass is 9.98. The Labute approximate surface area is 87.6 Å². The number of Topliss-reactive ketones (excluding diaryl/α,β-unsaturated/α-hetero) is 1. The van der Waals surface area contributed by atoms with Crippen molar-refractivity contribution in [1.82, 2.24) is 0 Å². The summed E-state index contributed by atoms with van der Waals surface area (Å²) in [5, 5.41) is 0. The van der Waals surface area contributed by atoms with Gasteiger partial charge < -0.3 is 4.74 Å². The molecular weight excluding hydrogens is 196 g/mol. The number of ketones is 1. The Balaban J connectivity index is 2.63. The van der Waals surface area contributed by atoms with Crippen LogP contribution in [-0.2, 0) is 5.75 Å². The van der Waals surface area contributed by atoms with Crippen molar-refractivity contribution in [2.45, 2.75) is 12.7 Å². The molecule has 1 aromatic rings. The fourth-order valence-electron chi connectivity index (χ4n) is 1.79. The Hall–Kier alpha value is -0.960. The molecule has 0 spiro atoms. The van der Waals surface area contributed by atoms with E-state index in [4.69, 9.17) is 4.74 Å². The molecule has 2 nitrogen and oxygen atoms in total. The van der Waals surface area contributed by atoms with Gasteiger partial charge in [-0.25, -0.2) is 0 Å². The molecule has 0 saturated carbocycles. The second kappa shape index (κ2) is 3.65. The number of hydrogen-bond donors (Lipinski definition) is 0. The number of thioether (sulfide) groups is 1. The van der Waals surface area contributed by atoms with Crippen molar-refractivity contribution in [2.24, 2.45) is 0 Å². The van der Waals surface area contributed by atoms with Crippen LogP contribution in [0.3, 0.4) is 0 Å². The topological polar surface area (TPSA) is 26.3 Å². The zero-order valence-electron chi connectivity index (χ0n) is 8.29. The number of methoxy groups -OCH3 is 1. The third-order valence-corrected chi connectivity index (χ3v) is 3.42. The molecule has 2 rings (SSSR count). The minimum Gasteiger partial charge on any atom is -0.496 e. The molecule has 14 heavy (non-hydrogen) atoms. The first kappa shape index (κ1) is 9.59. The number of benzene rings is 1. The van der Waals surface area contributed by atoms with Crippen molar-refractivity contribution in [1.29, 1.82) is 0 Å². The van der Waals surface area contributed by atoms with E-state index >= 15 is 0 Å². The van der Waals surface area contributed by atoms with Gasteiger partial charge in [0.15, 0.2) is 5.78 Å². The second-order valence-electron chi connectivity index (χ2n) is 3.35. The zero-order valence-corrected chi connectivity index (χ0v) is 9.11. The van der Waals surface area contributed by atoms with Crippen molar-refractivity contribution in [3.05, 3.63) is 28.8 Å². The molecule has 1 aromatic carbocycles. The van der Waals surface area contributed by atoms with Gasteiger partial charge in [-0.05, 0) is 18.6 Å². The quantitative estimate of drug-likeness (QED) is 0.709. The predicted octanol–water partition coefficient (Wildman–Crippen LogP) is 2.43. The van der Waals surface area contributed by atoms with Crippen LogP contribution in [0.1, 0.15) is 21.5 Å². The van der Waals surface area contributed by atoms with Gasteiger partial charge in [0.25, 0.3) is 0 Å². The molecule has 0 unspecified atom stereocenters. The van der Waals surface area contributed by atoms with E-state index in [0.717, 1.165) is 28.2 Å². The summed E-state index contributed by atoms with van der Waals surface area (Å²) in [6, 6.07) is 3.89. The van der Waals surface area contributed by atoms with Gasteiger partial charge in [0.2, 0.25) is 0 Å². The summed E-state index contributed by atoms with van der Waals surface area (Å²) in [7, 11) is 1.65. The Bertz CT molecular complexity index is 385. The van der Waals surface area contributed by atoms with E-state index in [0.29, 0.717) is 5.75 Å². The van der Waals surface area contributed by atoms with E-state index in [-0.39, 0.29) is 5.78 Å². The maximum Gasteiger partial charge on any atom is 0.173 e. The molecule has 0 aliphatic carbocycles. The van der Waals surface area contributed by atoms with Crippen molar-refractivity contribution in [2.75, 3.05) is 12.9 Å². The van der Waals surface area contributed by atoms with E-state index in [1.54, 1.807) is 18.9 Å². The summed E-state index contributed by atoms with van der Waals surface area (Å²) in [5.41, 5.74) is 3.00. The highest BCUT2D eigenvalue weighted by Crippen LogP contribution is 2.33. The molecule has 0 saturated heterocycles. The lowest BCUT2D eigenvalue weighted by molar-refractivity contribution is 0.101. The Kier molecular flexibility index (Phi) is 2.50. The molecule has 0 radical (unpaired) electrons. The van der Waals surface area contributed by atoms with Crippen molar-refractivity contribution in [3.63, 3.8) is 0 Å². The third kappa shape index (κ3) is 1.42. The van der Waals surface area contributed by atoms with Crippen LogP contribution >= 0.6 is 11.8 Å². The van der Waals surface area contributed by atoms with Crippen LogP contribution in [-0.4, -0.2) is 18.6 Å². The number of rotatable bonds is 1. The largest absolute Gasteiger partial charge is 0.496 e. The minimum atomic E-state index is 0.229. The van der Waals surface area contributed by atoms with E-state index in [9.17, 15) is 4.79 Å². The van der Waals surface area contributed by atoms with Crippen LogP contribution in [0.15, 0.2) is 12.1 Å². The lowest BCUT2D eigenvalue weighted by Crippen LogP contribution is -2.14. The second-order valence-corrected chi connectivity index (χ2v) is 4.34. The normalized spacial score (nSPS) is 15.1. The highest BCUT2D eigenvalue weighted by atomic mass is 32.2. The zero-order chi connectivity index (χ0) is 10.1. The summed E-state index contributed by atoms with van der Waals surface area (Å²) in [6.07, 6.45) is 0. The number of hydrogen-bond acceptors (Lipinski definition) is 3. The summed E-state index contributed by atoms with van der Waals surface area (Å²) in [5.74, 6) is 2.55. The number of carbonyl (C=O) groups is 1. The number of ether oxygens (including phenoxy) is 1. The smallest absolute Gasteiger partial charge is 0.173 e. The molecule has 1 aliphatic heterocycles. The highest BCUT2D eigenvalue weighted by Gasteiger charge is 2.22. The van der Waals surface area contributed by atoms with Crippen LogP contribution in [0.4, 0.5) is 0 Å². The van der Waals surface area contributed by atoms with Crippen LogP contribution in [0, 0.1) is 6.92 Å². The molecule has 3 heteroatoms. The third-order valence-electron chi connectivity index (χ3n) is 2.46. The summed E-state index contributed by atoms with van der Waals surface area (Å²) >= 11 is 1.65. The molecule has 74 valence electrons. The number of fused-ring (bicyclic) bond motifs is 1. The average molecular weight is 208 g/mol. The van der Waals surface area contributed by atoms with Crippen LogP contribution in [0.2, 0.25) is 0 Å². The molecule has 0 amide bonds. The molecular formula is C11H12O2S. The van der Waals surface area contributed by atoms with Crippen LogP contribution in [0.5, 0.6) is 5.75 Å². The fourth-order valence-corrected chi connectivity index (χ4v) is 2.71. The minimum absolute atomic E-state index is 0.229. The average Bonchev–Trinajstić information content (AvgIpc) is 2.18. The molecule has 0 bridgehead atoms. The molecule has 0 N–H and O–H groups in total. The first-order chi connectivity index (χ1) is 6.74. The first-order valence-electron chi connectivity index (χ1n) is 4.51. The van der Waals surface area contributed by atoms with Gasteiger partial charge in [0.1, 0.15) is 5.75 Å². The summed E-state index contributed by atoms with van der Waals surface area (Å²) in [4.78, 5) is 11.7. The lowest BCUT2D eigenvalue weighted by Gasteiger charge is -2.19. The molecule has 1 aliphatic rings. The predicted molar refractivity (Wildman–Crippen MR) is 58.2 cm³/mol. The van der Waals surface area contributed by atoms with Crippen molar-refractivity contribution < 1.29 is 9.53 Å². The number of carbonyl (C=O) groups excluding carboxylic acids is 1. The summed E-state index contributed by atoms with van der Waals surface area (Å²) < 4.78 is 5.25. The maximum atomic E-state index is 11.7. The van der Waals surface area contributed by atoms with E-state index in [2.05, 4.69) is 0 Å². The van der Waals surface area contributed by atoms with Gasteiger partial charge in [-0.1, -0.05) is 6.07 Å². The van der Waals surface area contributed by atoms with Crippen LogP contribution in [0.25, 0.3) is 0 Å². The Morgan fingerprint density at radius 2 is 2.14 bits per heavy atom. The monoisotopic (exact) mass is 208 g/mol. The van der Waals surface area contributed by atoms with Gasteiger partial charge in [-0.15, -0.1) is 11.8 Å². The van der Waals surface area contributed by atoms with Gasteiger partial charge in [0, 0.05) is 16.9 Å². The number of aryl methyl sites for hydroxylation is 1. The van der Waals surface area contributed by atoms with E-state index < -0.39 is 0 Å². The molecule has 0 atom stereocenters. The van der Waals surface area contributed by atoms with E-state index in [1.807, 2.05) is 19.1 Å². The van der Waals surface area contributed by atoms with Crippen molar-refractivity contribution in [3.8, 4) is 5.75 Å².